The van der Waals surface area contributed by atoms with Crippen LogP contribution in [0.15, 0.2) is 16.6 Å². The van der Waals surface area contributed by atoms with Crippen LogP contribution in [0.2, 0.25) is 0 Å². The molecule has 0 amide bonds. The second-order valence-electron chi connectivity index (χ2n) is 2.65. The van der Waals surface area contributed by atoms with Crippen molar-refractivity contribution in [3.8, 4) is 5.75 Å². The fraction of sp³-hybridized carbons (Fsp3) is 0.250. The number of nitrogens with two attached hydrogens (primary N) is 1. The summed E-state index contributed by atoms with van der Waals surface area (Å²) in [4.78, 5) is 0. The number of hydrogen-bond donors (Lipinski definition) is 2. The van der Waals surface area contributed by atoms with Gasteiger partial charge in [-0.15, -0.1) is 13.2 Å². The SMILES string of the molecule is Nc1ccc(Br)c(OC(F)(F)F)c1CO. The lowest BCUT2D eigenvalue weighted by atomic mass is 10.2. The third-order valence-electron chi connectivity index (χ3n) is 1.62. The molecule has 0 saturated heterocycles. The van der Waals surface area contributed by atoms with Crippen molar-refractivity contribution in [3.63, 3.8) is 0 Å². The van der Waals surface area contributed by atoms with Crippen LogP contribution in [-0.2, 0) is 6.61 Å². The van der Waals surface area contributed by atoms with Crippen LogP contribution in [-0.4, -0.2) is 11.5 Å². The number of ether oxygens (including phenoxy) is 1. The first-order valence-corrected chi connectivity index (χ1v) is 4.58. The largest absolute Gasteiger partial charge is 0.573 e. The van der Waals surface area contributed by atoms with Crippen LogP contribution in [0.3, 0.4) is 0 Å². The summed E-state index contributed by atoms with van der Waals surface area (Å²) in [5.74, 6) is -0.509. The van der Waals surface area contributed by atoms with Crippen molar-refractivity contribution in [2.45, 2.75) is 13.0 Å². The summed E-state index contributed by atoms with van der Waals surface area (Å²) in [7, 11) is 0. The van der Waals surface area contributed by atoms with Gasteiger partial charge < -0.3 is 15.6 Å². The maximum absolute atomic E-state index is 12.0. The number of benzene rings is 1. The zero-order valence-corrected chi connectivity index (χ0v) is 8.89. The van der Waals surface area contributed by atoms with Crippen molar-refractivity contribution < 1.29 is 23.0 Å². The van der Waals surface area contributed by atoms with Gasteiger partial charge in [-0.1, -0.05) is 0 Å². The van der Waals surface area contributed by atoms with Crippen molar-refractivity contribution in [2.24, 2.45) is 0 Å². The Hall–Kier alpha value is -0.950. The molecule has 3 nitrogen and oxygen atoms in total. The third-order valence-corrected chi connectivity index (χ3v) is 2.25. The molecule has 7 heteroatoms. The van der Waals surface area contributed by atoms with Crippen molar-refractivity contribution in [1.82, 2.24) is 0 Å². The molecule has 0 radical (unpaired) electrons. The van der Waals surface area contributed by atoms with E-state index >= 15 is 0 Å². The highest BCUT2D eigenvalue weighted by atomic mass is 79.9. The summed E-state index contributed by atoms with van der Waals surface area (Å²) in [5.41, 5.74) is 5.34. The van der Waals surface area contributed by atoms with E-state index in [1.54, 1.807) is 0 Å². The van der Waals surface area contributed by atoms with Gasteiger partial charge in [0.2, 0.25) is 0 Å². The van der Waals surface area contributed by atoms with Crippen molar-refractivity contribution in [1.29, 1.82) is 0 Å². The molecule has 0 heterocycles. The molecular weight excluding hydrogens is 279 g/mol. The number of rotatable bonds is 2. The van der Waals surface area contributed by atoms with Crippen molar-refractivity contribution in [2.75, 3.05) is 5.73 Å². The highest BCUT2D eigenvalue weighted by Gasteiger charge is 2.33. The number of anilines is 1. The summed E-state index contributed by atoms with van der Waals surface area (Å²) < 4.78 is 39.8. The van der Waals surface area contributed by atoms with E-state index in [1.165, 1.54) is 12.1 Å². The minimum atomic E-state index is -4.82. The van der Waals surface area contributed by atoms with E-state index in [4.69, 9.17) is 10.8 Å². The number of aliphatic hydroxyl groups is 1. The number of nitrogen functional groups attached to an aromatic ring is 1. The van der Waals surface area contributed by atoms with Crippen LogP contribution in [0.1, 0.15) is 5.56 Å². The van der Waals surface area contributed by atoms with Gasteiger partial charge in [0.25, 0.3) is 0 Å². The van der Waals surface area contributed by atoms with Crippen LogP contribution in [0.4, 0.5) is 18.9 Å². The Balaban J connectivity index is 3.20. The van der Waals surface area contributed by atoms with E-state index in [9.17, 15) is 13.2 Å². The summed E-state index contributed by atoms with van der Waals surface area (Å²) >= 11 is 2.88. The molecule has 84 valence electrons. The van der Waals surface area contributed by atoms with E-state index < -0.39 is 18.7 Å². The fourth-order valence-corrected chi connectivity index (χ4v) is 1.46. The highest BCUT2D eigenvalue weighted by molar-refractivity contribution is 9.10. The van der Waals surface area contributed by atoms with Gasteiger partial charge in [-0.3, -0.25) is 0 Å². The van der Waals surface area contributed by atoms with Crippen molar-refractivity contribution >= 4 is 21.6 Å². The lowest BCUT2D eigenvalue weighted by Gasteiger charge is -2.15. The minimum absolute atomic E-state index is 0.0416. The Morgan fingerprint density at radius 3 is 2.47 bits per heavy atom. The number of hydrogen-bond acceptors (Lipinski definition) is 3. The van der Waals surface area contributed by atoms with Crippen LogP contribution in [0, 0.1) is 0 Å². The molecule has 0 aliphatic heterocycles. The standard InChI is InChI=1S/C8H7BrF3NO2/c9-5-1-2-6(13)4(3-14)7(5)15-8(10,11)12/h1-2,14H,3,13H2. The maximum atomic E-state index is 12.0. The predicted octanol–water partition coefficient (Wildman–Crippen LogP) is 2.42. The van der Waals surface area contributed by atoms with Crippen LogP contribution in [0.25, 0.3) is 0 Å². The predicted molar refractivity (Wildman–Crippen MR) is 51.2 cm³/mol. The fourth-order valence-electron chi connectivity index (χ4n) is 1.00. The average molecular weight is 286 g/mol. The number of alkyl halides is 3. The molecule has 0 atom stereocenters. The van der Waals surface area contributed by atoms with Gasteiger partial charge in [0, 0.05) is 11.3 Å². The normalized spacial score (nSPS) is 11.5. The molecule has 3 N–H and O–H groups in total. The third kappa shape index (κ3) is 3.00. The van der Waals surface area contributed by atoms with Crippen molar-refractivity contribution in [3.05, 3.63) is 22.2 Å². The molecule has 0 aliphatic rings. The summed E-state index contributed by atoms with van der Waals surface area (Å²) in [6.45, 7) is -0.628. The van der Waals surface area contributed by atoms with E-state index in [1.807, 2.05) is 0 Å². The van der Waals surface area contributed by atoms with E-state index in [0.717, 1.165) is 0 Å². The second kappa shape index (κ2) is 4.28. The van der Waals surface area contributed by atoms with Gasteiger partial charge in [0.1, 0.15) is 0 Å². The molecule has 0 saturated carbocycles. The molecule has 0 fully saturated rings. The van der Waals surface area contributed by atoms with Crippen LogP contribution in [0.5, 0.6) is 5.75 Å². The van der Waals surface area contributed by atoms with E-state index in [2.05, 4.69) is 20.7 Å². The minimum Gasteiger partial charge on any atom is -0.404 e. The topological polar surface area (TPSA) is 55.5 Å². The summed E-state index contributed by atoms with van der Waals surface area (Å²) in [6.07, 6.45) is -4.82. The molecule has 0 aromatic heterocycles. The molecule has 0 aliphatic carbocycles. The first-order chi connectivity index (χ1) is 6.85. The smallest absolute Gasteiger partial charge is 0.404 e. The summed E-state index contributed by atoms with van der Waals surface area (Å²) in [6, 6.07) is 2.69. The van der Waals surface area contributed by atoms with Gasteiger partial charge in [-0.2, -0.15) is 0 Å². The lowest BCUT2D eigenvalue weighted by Crippen LogP contribution is -2.19. The zero-order chi connectivity index (χ0) is 11.6. The van der Waals surface area contributed by atoms with Gasteiger partial charge in [-0.05, 0) is 28.1 Å². The summed E-state index contributed by atoms with van der Waals surface area (Å²) in [5, 5.41) is 8.87. The quantitative estimate of drug-likeness (QED) is 0.821. The lowest BCUT2D eigenvalue weighted by molar-refractivity contribution is -0.275. The first-order valence-electron chi connectivity index (χ1n) is 3.78. The zero-order valence-electron chi connectivity index (χ0n) is 7.31. The molecule has 0 bridgehead atoms. The van der Waals surface area contributed by atoms with Crippen LogP contribution >= 0.6 is 15.9 Å². The van der Waals surface area contributed by atoms with E-state index in [-0.39, 0.29) is 15.7 Å². The number of aliphatic hydroxyl groups excluding tert-OH is 1. The molecule has 1 rings (SSSR count). The monoisotopic (exact) mass is 285 g/mol. The molecule has 1 aromatic rings. The first kappa shape index (κ1) is 12.1. The van der Waals surface area contributed by atoms with Gasteiger partial charge in [0.05, 0.1) is 11.1 Å². The second-order valence-corrected chi connectivity index (χ2v) is 3.50. The Morgan fingerprint density at radius 1 is 1.40 bits per heavy atom. The molecule has 1 aromatic carbocycles. The Morgan fingerprint density at radius 2 is 2.00 bits per heavy atom. The maximum Gasteiger partial charge on any atom is 0.573 e. The molecule has 0 spiro atoms. The Kier molecular flexibility index (Phi) is 3.46. The van der Waals surface area contributed by atoms with Gasteiger partial charge in [-0.25, -0.2) is 0 Å². The molecule has 15 heavy (non-hydrogen) atoms. The highest BCUT2D eigenvalue weighted by Crippen LogP contribution is 2.36. The Labute approximate surface area is 91.8 Å². The number of halogens is 4. The van der Waals surface area contributed by atoms with E-state index in [0.29, 0.717) is 0 Å². The Bertz CT molecular complexity index is 368. The van der Waals surface area contributed by atoms with Gasteiger partial charge >= 0.3 is 6.36 Å². The molecular formula is C8H7BrF3NO2. The van der Waals surface area contributed by atoms with Gasteiger partial charge in [0.15, 0.2) is 5.75 Å². The molecule has 0 unspecified atom stereocenters. The van der Waals surface area contributed by atoms with Crippen LogP contribution < -0.4 is 10.5 Å². The average Bonchev–Trinajstić information content (AvgIpc) is 2.10.